The molecule has 0 bridgehead atoms. The Morgan fingerprint density at radius 1 is 0.844 bits per heavy atom. The number of hydrogen-bond acceptors (Lipinski definition) is 6. The van der Waals surface area contributed by atoms with Gasteiger partial charge in [-0.05, 0) is 37.1 Å². The first-order valence-electron chi connectivity index (χ1n) is 11.5. The maximum Gasteiger partial charge on any atom is 0.265 e. The van der Waals surface area contributed by atoms with Crippen molar-refractivity contribution in [3.05, 3.63) is 24.3 Å². The first kappa shape index (κ1) is 25.1. The molecular formula is C22H34N2O6S2. The van der Waals surface area contributed by atoms with Gasteiger partial charge in [0, 0.05) is 24.7 Å². The van der Waals surface area contributed by atoms with Gasteiger partial charge in [0.2, 0.25) is 10.0 Å². The summed E-state index contributed by atoms with van der Waals surface area (Å²) < 4.78 is 56.3. The number of hydrogen-bond donors (Lipinski definition) is 1. The summed E-state index contributed by atoms with van der Waals surface area (Å²) in [4.78, 5) is 14.1. The third-order valence-electron chi connectivity index (χ3n) is 6.08. The quantitative estimate of drug-likeness (QED) is 0.618. The second kappa shape index (κ2) is 11.1. The fourth-order valence-electron chi connectivity index (χ4n) is 4.41. The topological polar surface area (TPSA) is 110 Å². The van der Waals surface area contributed by atoms with Crippen LogP contribution in [0.3, 0.4) is 0 Å². The maximum atomic E-state index is 12.9. The van der Waals surface area contributed by atoms with Crippen LogP contribution in [0.5, 0.6) is 0 Å². The second-order valence-corrected chi connectivity index (χ2v) is 12.1. The molecule has 1 aromatic rings. The first-order chi connectivity index (χ1) is 15.2. The summed E-state index contributed by atoms with van der Waals surface area (Å²) in [6.45, 7) is 0.311. The average Bonchev–Trinajstić information content (AvgIpc) is 3.04. The molecule has 0 aromatic heterocycles. The van der Waals surface area contributed by atoms with E-state index in [0.717, 1.165) is 44.8 Å². The van der Waals surface area contributed by atoms with Crippen molar-refractivity contribution in [2.45, 2.75) is 87.7 Å². The lowest BCUT2D eigenvalue weighted by Crippen LogP contribution is -2.35. The van der Waals surface area contributed by atoms with Crippen LogP contribution in [-0.4, -0.2) is 47.7 Å². The molecule has 180 valence electrons. The van der Waals surface area contributed by atoms with Crippen LogP contribution >= 0.6 is 0 Å². The number of carbonyl (C=O) groups excluding carboxylic acids is 1. The third-order valence-corrected chi connectivity index (χ3v) is 8.20. The van der Waals surface area contributed by atoms with Crippen molar-refractivity contribution >= 4 is 31.7 Å². The van der Waals surface area contributed by atoms with Gasteiger partial charge in [0.15, 0.2) is 6.10 Å². The number of anilines is 1. The highest BCUT2D eigenvalue weighted by Gasteiger charge is 2.36. The Kier molecular flexibility index (Phi) is 8.71. The largest absolute Gasteiger partial charge is 0.310 e. The second-order valence-electron chi connectivity index (χ2n) is 8.79. The summed E-state index contributed by atoms with van der Waals surface area (Å²) in [6, 6.07) is 6.06. The summed E-state index contributed by atoms with van der Waals surface area (Å²) in [6.07, 6.45) is 11.1. The molecule has 3 rings (SSSR count). The predicted octanol–water partition coefficient (Wildman–Crippen LogP) is 3.33. The zero-order valence-electron chi connectivity index (χ0n) is 18.7. The van der Waals surface area contributed by atoms with Crippen molar-refractivity contribution in [3.63, 3.8) is 0 Å². The van der Waals surface area contributed by atoms with Crippen LogP contribution in [0.25, 0.3) is 0 Å². The van der Waals surface area contributed by atoms with Crippen LogP contribution in [0, 0.1) is 0 Å². The number of carbonyl (C=O) groups is 1. The molecule has 0 spiro atoms. The van der Waals surface area contributed by atoms with Crippen LogP contribution in [0.1, 0.15) is 70.6 Å². The van der Waals surface area contributed by atoms with Crippen molar-refractivity contribution in [1.82, 2.24) is 4.72 Å². The molecule has 1 aliphatic heterocycles. The van der Waals surface area contributed by atoms with Crippen LogP contribution in [0.15, 0.2) is 29.2 Å². The molecule has 1 saturated carbocycles. The van der Waals surface area contributed by atoms with Crippen molar-refractivity contribution in [1.29, 1.82) is 0 Å². The van der Waals surface area contributed by atoms with E-state index in [1.54, 1.807) is 12.1 Å². The summed E-state index contributed by atoms with van der Waals surface area (Å²) in [5.41, 5.74) is 0.517. The molecule has 8 nitrogen and oxygen atoms in total. The Bertz CT molecular complexity index is 964. The average molecular weight is 487 g/mol. The lowest BCUT2D eigenvalue weighted by atomic mass is 10.0. The van der Waals surface area contributed by atoms with Gasteiger partial charge in [0.05, 0.1) is 11.2 Å². The van der Waals surface area contributed by atoms with Crippen molar-refractivity contribution in [2.75, 3.05) is 17.7 Å². The molecular weight excluding hydrogens is 452 g/mol. The lowest BCUT2D eigenvalue weighted by molar-refractivity contribution is -0.122. The van der Waals surface area contributed by atoms with Gasteiger partial charge in [0.1, 0.15) is 0 Å². The molecule has 1 aromatic carbocycles. The molecule has 0 radical (unpaired) electrons. The Labute approximate surface area is 191 Å². The van der Waals surface area contributed by atoms with E-state index in [1.807, 2.05) is 0 Å². The Balaban J connectivity index is 1.64. The van der Waals surface area contributed by atoms with Gasteiger partial charge < -0.3 is 4.90 Å². The van der Waals surface area contributed by atoms with Gasteiger partial charge in [0.25, 0.3) is 16.0 Å². The first-order valence-corrected chi connectivity index (χ1v) is 14.8. The highest BCUT2D eigenvalue weighted by atomic mass is 32.2. The normalized spacial score (nSPS) is 22.6. The number of rotatable bonds is 6. The molecule has 1 unspecified atom stereocenters. The summed E-state index contributed by atoms with van der Waals surface area (Å²) in [7, 11) is -7.40. The SMILES string of the molecule is CS(=O)(=O)OC1CCN(c2ccc(S(=O)(=O)NC3CCCCCCCCCC3)cc2)C1=O. The fraction of sp³-hybridized carbons (Fsp3) is 0.682. The minimum Gasteiger partial charge on any atom is -0.310 e. The number of nitrogens with one attached hydrogen (secondary N) is 1. The number of amides is 1. The van der Waals surface area contributed by atoms with E-state index < -0.39 is 32.2 Å². The number of nitrogens with zero attached hydrogens (tertiary/aromatic N) is 1. The highest BCUT2D eigenvalue weighted by Crippen LogP contribution is 2.26. The third kappa shape index (κ3) is 7.26. The Morgan fingerprint density at radius 2 is 1.38 bits per heavy atom. The number of benzene rings is 1. The van der Waals surface area contributed by atoms with E-state index in [-0.39, 0.29) is 17.4 Å². The molecule has 2 aliphatic rings. The van der Waals surface area contributed by atoms with Gasteiger partial charge in [-0.3, -0.25) is 8.98 Å². The fourth-order valence-corrected chi connectivity index (χ4v) is 6.31. The van der Waals surface area contributed by atoms with E-state index in [2.05, 4.69) is 4.72 Å². The number of sulfonamides is 1. The summed E-state index contributed by atoms with van der Waals surface area (Å²) in [5, 5.41) is 0. The molecule has 1 amide bonds. The minimum atomic E-state index is -3.73. The van der Waals surface area contributed by atoms with Crippen molar-refractivity contribution in [2.24, 2.45) is 0 Å². The van der Waals surface area contributed by atoms with Gasteiger partial charge in [-0.2, -0.15) is 8.42 Å². The van der Waals surface area contributed by atoms with Crippen molar-refractivity contribution in [3.8, 4) is 0 Å². The zero-order chi connectivity index (χ0) is 23.2. The molecule has 1 atom stereocenters. The van der Waals surface area contributed by atoms with Gasteiger partial charge in [-0.25, -0.2) is 13.1 Å². The molecule has 1 N–H and O–H groups in total. The lowest BCUT2D eigenvalue weighted by Gasteiger charge is -2.20. The van der Waals surface area contributed by atoms with E-state index in [9.17, 15) is 21.6 Å². The Morgan fingerprint density at radius 3 is 1.91 bits per heavy atom. The highest BCUT2D eigenvalue weighted by molar-refractivity contribution is 7.89. The molecule has 1 aliphatic carbocycles. The molecule has 1 heterocycles. The van der Waals surface area contributed by atoms with Gasteiger partial charge >= 0.3 is 0 Å². The standard InChI is InChI=1S/C22H34N2O6S2/c1-31(26,27)30-21-16-17-24(22(21)25)19-12-14-20(15-13-19)32(28,29)23-18-10-8-6-4-2-3-5-7-9-11-18/h12-15,18,21,23H,2-11,16-17H2,1H3. The maximum absolute atomic E-state index is 12.9. The van der Waals surface area contributed by atoms with Gasteiger partial charge in [-0.15, -0.1) is 0 Å². The van der Waals surface area contributed by atoms with Gasteiger partial charge in [-0.1, -0.05) is 51.4 Å². The molecule has 1 saturated heterocycles. The van der Waals surface area contributed by atoms with E-state index >= 15 is 0 Å². The minimum absolute atomic E-state index is 0.0631. The van der Waals surface area contributed by atoms with Crippen LogP contribution in [0.4, 0.5) is 5.69 Å². The van der Waals surface area contributed by atoms with E-state index in [1.165, 1.54) is 42.7 Å². The summed E-state index contributed by atoms with van der Waals surface area (Å²) >= 11 is 0. The van der Waals surface area contributed by atoms with Crippen LogP contribution in [0.2, 0.25) is 0 Å². The molecule has 32 heavy (non-hydrogen) atoms. The molecule has 10 heteroatoms. The monoisotopic (exact) mass is 486 g/mol. The molecule has 2 fully saturated rings. The van der Waals surface area contributed by atoms with Crippen molar-refractivity contribution < 1.29 is 25.8 Å². The zero-order valence-corrected chi connectivity index (χ0v) is 20.3. The van der Waals surface area contributed by atoms with E-state index in [4.69, 9.17) is 4.18 Å². The summed E-state index contributed by atoms with van der Waals surface area (Å²) in [5.74, 6) is -0.443. The van der Waals surface area contributed by atoms with Crippen LogP contribution in [-0.2, 0) is 29.1 Å². The smallest absolute Gasteiger partial charge is 0.265 e. The van der Waals surface area contributed by atoms with Crippen LogP contribution < -0.4 is 9.62 Å². The predicted molar refractivity (Wildman–Crippen MR) is 123 cm³/mol. The van der Waals surface area contributed by atoms with E-state index in [0.29, 0.717) is 12.2 Å². The Hall–Kier alpha value is -1.49.